The van der Waals surface area contributed by atoms with E-state index in [1.165, 1.54) is 10.4 Å². The third-order valence-corrected chi connectivity index (χ3v) is 5.98. The van der Waals surface area contributed by atoms with Crippen LogP contribution in [0.3, 0.4) is 0 Å². The Hall–Kier alpha value is -2.79. The van der Waals surface area contributed by atoms with Crippen molar-refractivity contribution < 1.29 is 14.3 Å². The highest BCUT2D eigenvalue weighted by Gasteiger charge is 2.33. The maximum Gasteiger partial charge on any atom is 0.254 e. The third-order valence-electron chi connectivity index (χ3n) is 4.97. The van der Waals surface area contributed by atoms with Crippen molar-refractivity contribution in [2.24, 2.45) is 0 Å². The molecule has 1 aromatic heterocycles. The van der Waals surface area contributed by atoms with Crippen LogP contribution < -0.4 is 9.47 Å². The summed E-state index contributed by atoms with van der Waals surface area (Å²) in [6.07, 6.45) is 0.876. The van der Waals surface area contributed by atoms with Crippen molar-refractivity contribution in [2.45, 2.75) is 12.5 Å². The Bertz CT molecular complexity index is 948. The molecule has 1 aliphatic heterocycles. The van der Waals surface area contributed by atoms with E-state index in [4.69, 9.17) is 9.47 Å². The molecular formula is C22H21NO3S. The molecule has 2 heterocycles. The normalized spacial score (nSPS) is 15.9. The number of carbonyl (C=O) groups is 1. The first-order chi connectivity index (χ1) is 13.2. The van der Waals surface area contributed by atoms with E-state index in [1.807, 2.05) is 47.4 Å². The van der Waals surface area contributed by atoms with Gasteiger partial charge in [0.15, 0.2) is 0 Å². The van der Waals surface area contributed by atoms with Crippen molar-refractivity contribution >= 4 is 17.2 Å². The van der Waals surface area contributed by atoms with Crippen molar-refractivity contribution in [1.29, 1.82) is 0 Å². The molecule has 4 rings (SSSR count). The van der Waals surface area contributed by atoms with Crippen LogP contribution in [0, 0.1) is 0 Å². The summed E-state index contributed by atoms with van der Waals surface area (Å²) in [5, 5.41) is 2.11. The first-order valence-corrected chi connectivity index (χ1v) is 9.74. The Morgan fingerprint density at radius 1 is 1.04 bits per heavy atom. The molecule has 1 aliphatic rings. The Kier molecular flexibility index (Phi) is 4.86. The number of fused-ring (bicyclic) bond motifs is 1. The number of thiophene rings is 1. The molecule has 0 saturated carbocycles. The van der Waals surface area contributed by atoms with Gasteiger partial charge in [-0.2, -0.15) is 0 Å². The summed E-state index contributed by atoms with van der Waals surface area (Å²) in [7, 11) is 3.29. The van der Waals surface area contributed by atoms with Gasteiger partial charge in [0, 0.05) is 17.0 Å². The van der Waals surface area contributed by atoms with Crippen LogP contribution in [0.15, 0.2) is 60.0 Å². The average molecular weight is 379 g/mol. The zero-order chi connectivity index (χ0) is 18.8. The number of rotatable bonds is 4. The van der Waals surface area contributed by atoms with Crippen molar-refractivity contribution in [3.05, 3.63) is 81.5 Å². The highest BCUT2D eigenvalue weighted by molar-refractivity contribution is 7.10. The third kappa shape index (κ3) is 3.30. The fourth-order valence-electron chi connectivity index (χ4n) is 3.57. The van der Waals surface area contributed by atoms with Crippen LogP contribution in [0.5, 0.6) is 11.5 Å². The standard InChI is InChI=1S/C22H21NO3S/c1-25-18-8-6-16(7-9-18)22(24)23-12-10-15-11-13-27-21(15)20(23)17-4-3-5-19(14-17)26-2/h3-9,11,13-14,20H,10,12H2,1-2H3. The van der Waals surface area contributed by atoms with E-state index < -0.39 is 0 Å². The molecule has 2 aromatic carbocycles. The van der Waals surface area contributed by atoms with E-state index in [0.717, 1.165) is 23.5 Å². The zero-order valence-electron chi connectivity index (χ0n) is 15.3. The molecule has 1 amide bonds. The maximum atomic E-state index is 13.3. The molecule has 1 atom stereocenters. The van der Waals surface area contributed by atoms with Gasteiger partial charge in [0.25, 0.3) is 5.91 Å². The molecule has 0 fully saturated rings. The molecule has 0 N–H and O–H groups in total. The fourth-order valence-corrected chi connectivity index (χ4v) is 4.66. The van der Waals surface area contributed by atoms with Gasteiger partial charge in [0.2, 0.25) is 0 Å². The quantitative estimate of drug-likeness (QED) is 0.667. The highest BCUT2D eigenvalue weighted by atomic mass is 32.1. The van der Waals surface area contributed by atoms with Crippen LogP contribution in [0.2, 0.25) is 0 Å². The molecule has 138 valence electrons. The van der Waals surface area contributed by atoms with Crippen molar-refractivity contribution in [3.8, 4) is 11.5 Å². The van der Waals surface area contributed by atoms with E-state index in [0.29, 0.717) is 12.1 Å². The molecule has 0 spiro atoms. The van der Waals surface area contributed by atoms with E-state index >= 15 is 0 Å². The molecule has 0 aliphatic carbocycles. The van der Waals surface area contributed by atoms with Crippen molar-refractivity contribution in [3.63, 3.8) is 0 Å². The number of nitrogens with zero attached hydrogens (tertiary/aromatic N) is 1. The van der Waals surface area contributed by atoms with E-state index in [2.05, 4.69) is 17.5 Å². The Balaban J connectivity index is 1.74. The van der Waals surface area contributed by atoms with Gasteiger partial charge < -0.3 is 14.4 Å². The van der Waals surface area contributed by atoms with E-state index in [1.54, 1.807) is 25.6 Å². The summed E-state index contributed by atoms with van der Waals surface area (Å²) in [6.45, 7) is 0.691. The minimum Gasteiger partial charge on any atom is -0.497 e. The predicted octanol–water partition coefficient (Wildman–Crippen LogP) is 4.55. The Labute approximate surface area is 163 Å². The fraction of sp³-hybridized carbons (Fsp3) is 0.227. The Morgan fingerprint density at radius 3 is 2.56 bits per heavy atom. The van der Waals surface area contributed by atoms with Gasteiger partial charge in [0.1, 0.15) is 11.5 Å². The maximum absolute atomic E-state index is 13.3. The van der Waals surface area contributed by atoms with Crippen molar-refractivity contribution in [1.82, 2.24) is 4.90 Å². The zero-order valence-corrected chi connectivity index (χ0v) is 16.2. The van der Waals surface area contributed by atoms with Crippen LogP contribution in [0.4, 0.5) is 0 Å². The van der Waals surface area contributed by atoms with Gasteiger partial charge in [-0.1, -0.05) is 12.1 Å². The number of amides is 1. The highest BCUT2D eigenvalue weighted by Crippen LogP contribution is 2.40. The Morgan fingerprint density at radius 2 is 1.81 bits per heavy atom. The van der Waals surface area contributed by atoms with Gasteiger partial charge >= 0.3 is 0 Å². The topological polar surface area (TPSA) is 38.8 Å². The molecule has 0 bridgehead atoms. The number of hydrogen-bond acceptors (Lipinski definition) is 4. The van der Waals surface area contributed by atoms with E-state index in [-0.39, 0.29) is 11.9 Å². The second kappa shape index (κ2) is 7.45. The van der Waals surface area contributed by atoms with Gasteiger partial charge in [0.05, 0.1) is 20.3 Å². The van der Waals surface area contributed by atoms with Crippen LogP contribution in [-0.2, 0) is 6.42 Å². The summed E-state index contributed by atoms with van der Waals surface area (Å²) >= 11 is 1.71. The monoisotopic (exact) mass is 379 g/mol. The summed E-state index contributed by atoms with van der Waals surface area (Å²) in [4.78, 5) is 16.5. The summed E-state index contributed by atoms with van der Waals surface area (Å²) in [5.74, 6) is 1.58. The second-order valence-corrected chi connectivity index (χ2v) is 7.41. The number of benzene rings is 2. The van der Waals surface area contributed by atoms with E-state index in [9.17, 15) is 4.79 Å². The molecule has 5 heteroatoms. The van der Waals surface area contributed by atoms with Crippen LogP contribution in [0.25, 0.3) is 0 Å². The molecule has 27 heavy (non-hydrogen) atoms. The van der Waals surface area contributed by atoms with Crippen LogP contribution >= 0.6 is 11.3 Å². The lowest BCUT2D eigenvalue weighted by Crippen LogP contribution is -2.40. The summed E-state index contributed by atoms with van der Waals surface area (Å²) in [6, 6.07) is 17.4. The first kappa shape index (κ1) is 17.6. The number of methoxy groups -OCH3 is 2. The average Bonchev–Trinajstić information content (AvgIpc) is 3.21. The minimum atomic E-state index is -0.0987. The molecule has 4 nitrogen and oxygen atoms in total. The largest absolute Gasteiger partial charge is 0.497 e. The first-order valence-electron chi connectivity index (χ1n) is 8.86. The second-order valence-electron chi connectivity index (χ2n) is 6.47. The lowest BCUT2D eigenvalue weighted by Gasteiger charge is -2.36. The summed E-state index contributed by atoms with van der Waals surface area (Å²) in [5.41, 5.74) is 3.06. The lowest BCUT2D eigenvalue weighted by atomic mass is 9.94. The predicted molar refractivity (Wildman–Crippen MR) is 107 cm³/mol. The SMILES string of the molecule is COc1ccc(C(=O)N2CCc3ccsc3C2c2cccc(OC)c2)cc1. The van der Waals surface area contributed by atoms with Gasteiger partial charge in [-0.05, 0) is 65.4 Å². The number of hydrogen-bond donors (Lipinski definition) is 0. The molecule has 1 unspecified atom stereocenters. The molecule has 0 radical (unpaired) electrons. The minimum absolute atomic E-state index is 0.0320. The lowest BCUT2D eigenvalue weighted by molar-refractivity contribution is 0.0698. The molecule has 0 saturated heterocycles. The smallest absolute Gasteiger partial charge is 0.254 e. The van der Waals surface area contributed by atoms with Crippen LogP contribution in [0.1, 0.15) is 32.4 Å². The van der Waals surface area contributed by atoms with Gasteiger partial charge in [-0.3, -0.25) is 4.79 Å². The number of carbonyl (C=O) groups excluding carboxylic acids is 1. The van der Waals surface area contributed by atoms with Crippen molar-refractivity contribution in [2.75, 3.05) is 20.8 Å². The van der Waals surface area contributed by atoms with Gasteiger partial charge in [-0.15, -0.1) is 11.3 Å². The molecule has 3 aromatic rings. The number of ether oxygens (including phenoxy) is 2. The van der Waals surface area contributed by atoms with Crippen LogP contribution in [-0.4, -0.2) is 31.6 Å². The van der Waals surface area contributed by atoms with Gasteiger partial charge in [-0.25, -0.2) is 0 Å². The molecular weight excluding hydrogens is 358 g/mol. The summed E-state index contributed by atoms with van der Waals surface area (Å²) < 4.78 is 10.6.